The first-order valence-electron chi connectivity index (χ1n) is 27.2. The summed E-state index contributed by atoms with van der Waals surface area (Å²) in [5, 5.41) is 0. The second kappa shape index (κ2) is 27.9. The number of hydrogen-bond donors (Lipinski definition) is 0. The van der Waals surface area contributed by atoms with E-state index in [0.717, 1.165) is 93.9 Å². The molecule has 0 amide bonds. The van der Waals surface area contributed by atoms with Crippen LogP contribution in [0.15, 0.2) is 36.0 Å². The van der Waals surface area contributed by atoms with Crippen molar-refractivity contribution in [3.63, 3.8) is 0 Å². The van der Waals surface area contributed by atoms with E-state index in [4.69, 9.17) is 14.2 Å². The standard InChI is InChI=1S/C57H99NO4/c1-7-8-9-10-11-12-13-14-15-16-17-18-19-20-21-25-41-60-45-50(44-58-39-23-22-24-40-58)61-42-27-30-55(59)62-49-35-37-56(5)48(43-49)31-32-51-53-34-33-52(47(4)29-26-28-46(2)3)57(53,6)38-36-54(51)56/h11-12,14-15,31,46-47,49-54H,7-10,13,16-30,32-45H2,1-6H3/b12-11-,15-14-/t47-,49+,50?,51+,52-,53+,54+,56+,57-/m1/s1. The van der Waals surface area contributed by atoms with E-state index in [1.807, 2.05) is 0 Å². The van der Waals surface area contributed by atoms with Crippen molar-refractivity contribution in [3.05, 3.63) is 36.0 Å². The van der Waals surface area contributed by atoms with Crippen molar-refractivity contribution in [1.82, 2.24) is 4.90 Å². The number of nitrogens with zero attached hydrogens (tertiary/aromatic N) is 1. The fourth-order valence-corrected chi connectivity index (χ4v) is 13.5. The first-order valence-corrected chi connectivity index (χ1v) is 27.2. The largest absolute Gasteiger partial charge is 0.462 e. The number of carbonyl (C=O) groups is 1. The molecule has 3 saturated carbocycles. The lowest BCUT2D eigenvalue weighted by Gasteiger charge is -2.58. The lowest BCUT2D eigenvalue weighted by molar-refractivity contribution is -0.152. The van der Waals surface area contributed by atoms with Crippen LogP contribution in [0, 0.1) is 46.3 Å². The summed E-state index contributed by atoms with van der Waals surface area (Å²) in [6, 6.07) is 0. The first kappa shape index (κ1) is 51.6. The number of esters is 1. The third kappa shape index (κ3) is 16.2. The van der Waals surface area contributed by atoms with Gasteiger partial charge in [-0.1, -0.05) is 142 Å². The molecule has 5 nitrogen and oxygen atoms in total. The molecule has 4 fully saturated rings. The Kier molecular flexibility index (Phi) is 23.2. The molecular formula is C57H99NO4. The maximum Gasteiger partial charge on any atom is 0.306 e. The molecule has 4 aliphatic carbocycles. The van der Waals surface area contributed by atoms with Crippen LogP contribution in [0.1, 0.15) is 221 Å². The quantitative estimate of drug-likeness (QED) is 0.0409. The number of likely N-dealkylation sites (tertiary alicyclic amines) is 1. The zero-order chi connectivity index (χ0) is 44.0. The van der Waals surface area contributed by atoms with Crippen LogP contribution in [-0.2, 0) is 19.0 Å². The monoisotopic (exact) mass is 862 g/mol. The Bertz CT molecular complexity index is 1330. The van der Waals surface area contributed by atoms with Crippen LogP contribution in [0.25, 0.3) is 0 Å². The highest BCUT2D eigenvalue weighted by molar-refractivity contribution is 5.69. The summed E-state index contributed by atoms with van der Waals surface area (Å²) in [6.07, 6.45) is 46.6. The maximum atomic E-state index is 13.2. The summed E-state index contributed by atoms with van der Waals surface area (Å²) in [4.78, 5) is 15.8. The molecule has 5 aliphatic rings. The lowest BCUT2D eigenvalue weighted by atomic mass is 9.47. The number of ether oxygens (including phenoxy) is 3. The third-order valence-electron chi connectivity index (χ3n) is 17.1. The van der Waals surface area contributed by atoms with Gasteiger partial charge in [0, 0.05) is 32.6 Å². The van der Waals surface area contributed by atoms with Gasteiger partial charge >= 0.3 is 5.97 Å². The van der Waals surface area contributed by atoms with Crippen LogP contribution in [0.3, 0.4) is 0 Å². The molecule has 1 aliphatic heterocycles. The number of piperidine rings is 1. The highest BCUT2D eigenvalue weighted by atomic mass is 16.5. The highest BCUT2D eigenvalue weighted by Crippen LogP contribution is 2.67. The number of hydrogen-bond acceptors (Lipinski definition) is 5. The molecule has 5 heteroatoms. The van der Waals surface area contributed by atoms with Crippen molar-refractivity contribution >= 4 is 5.97 Å². The van der Waals surface area contributed by atoms with Crippen molar-refractivity contribution < 1.29 is 19.0 Å². The van der Waals surface area contributed by atoms with Crippen LogP contribution in [0.5, 0.6) is 0 Å². The minimum absolute atomic E-state index is 0.0364. The van der Waals surface area contributed by atoms with E-state index < -0.39 is 0 Å². The van der Waals surface area contributed by atoms with Crippen molar-refractivity contribution in [3.8, 4) is 0 Å². The summed E-state index contributed by atoms with van der Waals surface area (Å²) in [5.74, 6) is 5.09. The fourth-order valence-electron chi connectivity index (χ4n) is 13.5. The third-order valence-corrected chi connectivity index (χ3v) is 17.1. The smallest absolute Gasteiger partial charge is 0.306 e. The van der Waals surface area contributed by atoms with Gasteiger partial charge in [-0.25, -0.2) is 0 Å². The Labute approximate surface area is 383 Å². The average molecular weight is 862 g/mol. The molecule has 0 aromatic heterocycles. The van der Waals surface area contributed by atoms with Gasteiger partial charge in [0.2, 0.25) is 0 Å². The summed E-state index contributed by atoms with van der Waals surface area (Å²) in [6.45, 7) is 20.2. The first-order chi connectivity index (χ1) is 30.1. The summed E-state index contributed by atoms with van der Waals surface area (Å²) >= 11 is 0. The van der Waals surface area contributed by atoms with Gasteiger partial charge in [0.1, 0.15) is 6.10 Å². The molecule has 1 saturated heterocycles. The summed E-state index contributed by atoms with van der Waals surface area (Å²) in [7, 11) is 0. The predicted octanol–water partition coefficient (Wildman–Crippen LogP) is 15.4. The Morgan fingerprint density at radius 3 is 2.29 bits per heavy atom. The van der Waals surface area contributed by atoms with Gasteiger partial charge in [-0.2, -0.15) is 0 Å². The van der Waals surface area contributed by atoms with Crippen LogP contribution >= 0.6 is 0 Å². The van der Waals surface area contributed by atoms with Gasteiger partial charge in [0.15, 0.2) is 0 Å². The van der Waals surface area contributed by atoms with Gasteiger partial charge in [-0.3, -0.25) is 4.79 Å². The number of unbranched alkanes of at least 4 members (excludes halogenated alkanes) is 9. The van der Waals surface area contributed by atoms with E-state index in [1.54, 1.807) is 5.57 Å². The van der Waals surface area contributed by atoms with Crippen LogP contribution in [0.2, 0.25) is 0 Å². The zero-order valence-corrected chi connectivity index (χ0v) is 41.6. The molecule has 0 N–H and O–H groups in total. The second-order valence-electron chi connectivity index (χ2n) is 22.3. The van der Waals surface area contributed by atoms with Crippen LogP contribution < -0.4 is 0 Å². The summed E-state index contributed by atoms with van der Waals surface area (Å²) < 4.78 is 18.9. The lowest BCUT2D eigenvalue weighted by Crippen LogP contribution is -2.51. The molecule has 1 unspecified atom stereocenters. The van der Waals surface area contributed by atoms with Gasteiger partial charge in [-0.05, 0) is 162 Å². The Morgan fingerprint density at radius 1 is 0.790 bits per heavy atom. The molecule has 1 heterocycles. The second-order valence-corrected chi connectivity index (χ2v) is 22.3. The Morgan fingerprint density at radius 2 is 1.53 bits per heavy atom. The molecular weight excluding hydrogens is 763 g/mol. The Balaban J connectivity index is 0.949. The minimum Gasteiger partial charge on any atom is -0.462 e. The van der Waals surface area contributed by atoms with E-state index >= 15 is 0 Å². The molecule has 0 aromatic carbocycles. The zero-order valence-electron chi connectivity index (χ0n) is 41.6. The van der Waals surface area contributed by atoms with E-state index in [0.29, 0.717) is 25.0 Å². The number of allylic oxidation sites excluding steroid dienone is 5. The van der Waals surface area contributed by atoms with Crippen LogP contribution in [-0.4, -0.2) is 62.5 Å². The number of carbonyl (C=O) groups excluding carboxylic acids is 1. The number of fused-ring (bicyclic) bond motifs is 5. The van der Waals surface area contributed by atoms with Crippen molar-refractivity contribution in [2.24, 2.45) is 46.3 Å². The fraction of sp³-hybridized carbons (Fsp3) is 0.877. The average Bonchev–Trinajstić information content (AvgIpc) is 3.62. The molecule has 0 spiro atoms. The van der Waals surface area contributed by atoms with Crippen LogP contribution in [0.4, 0.5) is 0 Å². The van der Waals surface area contributed by atoms with Gasteiger partial charge in [-0.15, -0.1) is 0 Å². The molecule has 0 radical (unpaired) electrons. The predicted molar refractivity (Wildman–Crippen MR) is 262 cm³/mol. The van der Waals surface area contributed by atoms with Gasteiger partial charge < -0.3 is 19.1 Å². The minimum atomic E-state index is -0.0364. The maximum absolute atomic E-state index is 13.2. The topological polar surface area (TPSA) is 48.0 Å². The van der Waals surface area contributed by atoms with Crippen molar-refractivity contribution in [2.45, 2.75) is 234 Å². The molecule has 5 rings (SSSR count). The van der Waals surface area contributed by atoms with E-state index in [1.165, 1.54) is 141 Å². The molecule has 9 atom stereocenters. The SMILES string of the molecule is CCCCC/C=C\C/C=C\CCCCCCCCOCC(CN1CCCCC1)OCCCC(=O)O[C@H]1CC[C@@]2(C)C(=CC[C@H]3[C@@H]4CC[C@H]([C@H](C)CCCC(C)C)[C@@]4(C)CC[C@@H]32)C1. The van der Waals surface area contributed by atoms with Crippen molar-refractivity contribution in [1.29, 1.82) is 0 Å². The highest BCUT2D eigenvalue weighted by Gasteiger charge is 2.59. The molecule has 0 aromatic rings. The molecule has 62 heavy (non-hydrogen) atoms. The summed E-state index contributed by atoms with van der Waals surface area (Å²) in [5.41, 5.74) is 2.43. The van der Waals surface area contributed by atoms with E-state index in [9.17, 15) is 4.79 Å². The van der Waals surface area contributed by atoms with E-state index in [-0.39, 0.29) is 23.6 Å². The van der Waals surface area contributed by atoms with Gasteiger partial charge in [0.05, 0.1) is 12.7 Å². The molecule has 0 bridgehead atoms. The molecule has 356 valence electrons. The normalized spacial score (nSPS) is 30.0. The Hall–Kier alpha value is -1.43. The number of rotatable bonds is 30. The van der Waals surface area contributed by atoms with Gasteiger partial charge in [0.25, 0.3) is 0 Å². The van der Waals surface area contributed by atoms with Crippen molar-refractivity contribution in [2.75, 3.05) is 39.5 Å². The van der Waals surface area contributed by atoms with E-state index in [2.05, 4.69) is 76.8 Å².